The van der Waals surface area contributed by atoms with E-state index in [0.29, 0.717) is 17.3 Å². The number of aryl methyl sites for hydroxylation is 2. The molecule has 4 nitrogen and oxygen atoms in total. The molecule has 2 heterocycles. The third kappa shape index (κ3) is 3.27. The Morgan fingerprint density at radius 3 is 2.91 bits per heavy atom. The molecule has 23 heavy (non-hydrogen) atoms. The van der Waals surface area contributed by atoms with E-state index in [1.54, 1.807) is 16.8 Å². The molecular weight excluding hydrogens is 317 g/mol. The highest BCUT2D eigenvalue weighted by atomic mass is 35.5. The van der Waals surface area contributed by atoms with Crippen molar-refractivity contribution in [3.8, 4) is 0 Å². The Morgan fingerprint density at radius 2 is 2.26 bits per heavy atom. The van der Waals surface area contributed by atoms with Crippen LogP contribution in [0.3, 0.4) is 0 Å². The fourth-order valence-corrected chi connectivity index (χ4v) is 3.74. The fourth-order valence-electron chi connectivity index (χ4n) is 3.44. The summed E-state index contributed by atoms with van der Waals surface area (Å²) in [5, 5.41) is 15.5. The van der Waals surface area contributed by atoms with Gasteiger partial charge in [0.1, 0.15) is 11.0 Å². The van der Waals surface area contributed by atoms with Gasteiger partial charge < -0.3 is 5.11 Å². The predicted molar refractivity (Wildman–Crippen MR) is 87.9 cm³/mol. The summed E-state index contributed by atoms with van der Waals surface area (Å²) < 4.78 is 15.0. The van der Waals surface area contributed by atoms with Gasteiger partial charge in [-0.15, -0.1) is 0 Å². The van der Waals surface area contributed by atoms with E-state index in [2.05, 4.69) is 10.00 Å². The SMILES string of the molecule is Cc1nn(C)c(Cl)c1[C@H]1CCCN1C[C@H](O)c1cccc(F)c1. The summed E-state index contributed by atoms with van der Waals surface area (Å²) >= 11 is 6.40. The highest BCUT2D eigenvalue weighted by Gasteiger charge is 2.32. The van der Waals surface area contributed by atoms with Crippen LogP contribution in [0.5, 0.6) is 0 Å². The second-order valence-electron chi connectivity index (χ2n) is 6.14. The van der Waals surface area contributed by atoms with Crippen LogP contribution in [0, 0.1) is 12.7 Å². The van der Waals surface area contributed by atoms with Crippen molar-refractivity contribution >= 4 is 11.6 Å². The molecule has 1 aromatic carbocycles. The van der Waals surface area contributed by atoms with Crippen molar-refractivity contribution in [1.82, 2.24) is 14.7 Å². The number of hydrogen-bond donors (Lipinski definition) is 1. The number of likely N-dealkylation sites (tertiary alicyclic amines) is 1. The van der Waals surface area contributed by atoms with Gasteiger partial charge in [-0.3, -0.25) is 9.58 Å². The van der Waals surface area contributed by atoms with Crippen molar-refractivity contribution in [1.29, 1.82) is 0 Å². The standard InChI is InChI=1S/C17H21ClFN3O/c1-11-16(17(18)21(2)20-11)14-7-4-8-22(14)10-15(23)12-5-3-6-13(19)9-12/h3,5-6,9,14-15,23H,4,7-8,10H2,1-2H3/t14-,15+/m1/s1. The Labute approximate surface area is 140 Å². The molecular formula is C17H21ClFN3O. The third-order valence-corrected chi connectivity index (χ3v) is 4.98. The number of aliphatic hydroxyl groups excluding tert-OH is 1. The van der Waals surface area contributed by atoms with E-state index >= 15 is 0 Å². The Kier molecular flexibility index (Phi) is 4.71. The molecule has 1 N–H and O–H groups in total. The molecule has 1 fully saturated rings. The van der Waals surface area contributed by atoms with E-state index in [1.165, 1.54) is 12.1 Å². The maximum absolute atomic E-state index is 13.3. The summed E-state index contributed by atoms with van der Waals surface area (Å²) in [5.74, 6) is -0.328. The molecule has 0 amide bonds. The van der Waals surface area contributed by atoms with Crippen LogP contribution in [0.2, 0.25) is 5.15 Å². The van der Waals surface area contributed by atoms with Crippen molar-refractivity contribution in [2.24, 2.45) is 7.05 Å². The lowest BCUT2D eigenvalue weighted by Crippen LogP contribution is -2.28. The number of halogens is 2. The first-order valence-corrected chi connectivity index (χ1v) is 8.21. The Hall–Kier alpha value is -1.43. The van der Waals surface area contributed by atoms with Crippen molar-refractivity contribution < 1.29 is 9.50 Å². The third-order valence-electron chi connectivity index (χ3n) is 4.53. The molecule has 3 rings (SSSR count). The Bertz CT molecular complexity index is 703. The topological polar surface area (TPSA) is 41.3 Å². The Morgan fingerprint density at radius 1 is 1.48 bits per heavy atom. The summed E-state index contributed by atoms with van der Waals surface area (Å²) in [7, 11) is 1.83. The molecule has 0 unspecified atom stereocenters. The van der Waals surface area contributed by atoms with E-state index in [0.717, 1.165) is 30.6 Å². The molecule has 6 heteroatoms. The first-order chi connectivity index (χ1) is 11.0. The van der Waals surface area contributed by atoms with Crippen LogP contribution in [0.25, 0.3) is 0 Å². The molecule has 1 aromatic heterocycles. The zero-order valence-corrected chi connectivity index (χ0v) is 14.1. The van der Waals surface area contributed by atoms with Crippen LogP contribution in [-0.2, 0) is 7.05 Å². The van der Waals surface area contributed by atoms with Gasteiger partial charge >= 0.3 is 0 Å². The van der Waals surface area contributed by atoms with Gasteiger partial charge in [0, 0.05) is 25.2 Å². The van der Waals surface area contributed by atoms with Gasteiger partial charge in [0.15, 0.2) is 0 Å². The molecule has 1 saturated heterocycles. The van der Waals surface area contributed by atoms with Crippen molar-refractivity contribution in [2.45, 2.75) is 31.9 Å². The molecule has 0 saturated carbocycles. The van der Waals surface area contributed by atoms with Gasteiger partial charge in [-0.25, -0.2) is 4.39 Å². The van der Waals surface area contributed by atoms with Crippen LogP contribution >= 0.6 is 11.6 Å². The van der Waals surface area contributed by atoms with Crippen LogP contribution in [0.4, 0.5) is 4.39 Å². The van der Waals surface area contributed by atoms with Crippen LogP contribution in [-0.4, -0.2) is 32.9 Å². The molecule has 124 valence electrons. The maximum Gasteiger partial charge on any atom is 0.131 e. The smallest absolute Gasteiger partial charge is 0.131 e. The molecule has 0 radical (unpaired) electrons. The summed E-state index contributed by atoms with van der Waals surface area (Å²) in [6.07, 6.45) is 1.31. The van der Waals surface area contributed by atoms with Gasteiger partial charge in [0.05, 0.1) is 11.8 Å². The van der Waals surface area contributed by atoms with Crippen molar-refractivity contribution in [3.63, 3.8) is 0 Å². The van der Waals surface area contributed by atoms with E-state index in [1.807, 2.05) is 14.0 Å². The van der Waals surface area contributed by atoms with Gasteiger partial charge in [-0.1, -0.05) is 23.7 Å². The van der Waals surface area contributed by atoms with E-state index in [9.17, 15) is 9.50 Å². The zero-order chi connectivity index (χ0) is 16.6. The summed E-state index contributed by atoms with van der Waals surface area (Å²) in [6.45, 7) is 3.31. The van der Waals surface area contributed by atoms with Crippen LogP contribution in [0.15, 0.2) is 24.3 Å². The Balaban J connectivity index is 1.79. The lowest BCUT2D eigenvalue weighted by Gasteiger charge is -2.27. The van der Waals surface area contributed by atoms with E-state index < -0.39 is 6.10 Å². The van der Waals surface area contributed by atoms with Gasteiger partial charge in [-0.05, 0) is 44.0 Å². The number of rotatable bonds is 4. The second kappa shape index (κ2) is 6.59. The second-order valence-corrected chi connectivity index (χ2v) is 6.50. The molecule has 0 bridgehead atoms. The van der Waals surface area contributed by atoms with Crippen LogP contribution < -0.4 is 0 Å². The number of aromatic nitrogens is 2. The molecule has 1 aliphatic rings. The quantitative estimate of drug-likeness (QED) is 0.929. The first-order valence-electron chi connectivity index (χ1n) is 7.84. The van der Waals surface area contributed by atoms with Gasteiger partial charge in [-0.2, -0.15) is 5.10 Å². The fraction of sp³-hybridized carbons (Fsp3) is 0.471. The summed E-state index contributed by atoms with van der Waals surface area (Å²) in [6, 6.07) is 6.30. The molecule has 0 spiro atoms. The van der Waals surface area contributed by atoms with Crippen molar-refractivity contribution in [2.75, 3.05) is 13.1 Å². The van der Waals surface area contributed by atoms with Crippen molar-refractivity contribution in [3.05, 3.63) is 52.1 Å². The lowest BCUT2D eigenvalue weighted by atomic mass is 10.0. The molecule has 2 atom stereocenters. The minimum atomic E-state index is -0.720. The number of aliphatic hydroxyl groups is 1. The minimum absolute atomic E-state index is 0.152. The average molecular weight is 338 g/mol. The number of nitrogens with zero attached hydrogens (tertiary/aromatic N) is 3. The van der Waals surface area contributed by atoms with Gasteiger partial charge in [0.25, 0.3) is 0 Å². The van der Waals surface area contributed by atoms with Crippen LogP contribution in [0.1, 0.15) is 41.8 Å². The molecule has 0 aliphatic carbocycles. The maximum atomic E-state index is 13.3. The number of hydrogen-bond acceptors (Lipinski definition) is 3. The van der Waals surface area contributed by atoms with E-state index in [4.69, 9.17) is 11.6 Å². The predicted octanol–water partition coefficient (Wildman–Crippen LogP) is 3.39. The monoisotopic (exact) mass is 337 g/mol. The average Bonchev–Trinajstić information content (AvgIpc) is 3.04. The highest BCUT2D eigenvalue weighted by molar-refractivity contribution is 6.30. The number of benzene rings is 1. The highest BCUT2D eigenvalue weighted by Crippen LogP contribution is 2.38. The molecule has 1 aliphatic heterocycles. The lowest BCUT2D eigenvalue weighted by molar-refractivity contribution is 0.106. The first kappa shape index (κ1) is 16.4. The number of β-amino-alcohol motifs (C(OH)–C–C–N with tert-alkyl or cyclic N) is 1. The van der Waals surface area contributed by atoms with E-state index in [-0.39, 0.29) is 11.9 Å². The normalized spacial score (nSPS) is 20.1. The van der Waals surface area contributed by atoms with Gasteiger partial charge in [0.2, 0.25) is 0 Å². The minimum Gasteiger partial charge on any atom is -0.387 e. The summed E-state index contributed by atoms with van der Waals surface area (Å²) in [5.41, 5.74) is 2.57. The molecule has 2 aromatic rings. The zero-order valence-electron chi connectivity index (χ0n) is 13.3. The summed E-state index contributed by atoms with van der Waals surface area (Å²) in [4.78, 5) is 2.21. The largest absolute Gasteiger partial charge is 0.387 e.